The largest absolute Gasteiger partial charge is 0.481 e. The first kappa shape index (κ1) is 13.2. The summed E-state index contributed by atoms with van der Waals surface area (Å²) >= 11 is 2.11. The molecular weight excluding hydrogens is 323 g/mol. The Bertz CT molecular complexity index is 378. The predicted molar refractivity (Wildman–Crippen MR) is 67.7 cm³/mol. The monoisotopic (exact) mass is 336 g/mol. The molecule has 1 N–H and O–H groups in total. The molecule has 1 aromatic carbocycles. The number of hydrogen-bond donors (Lipinski definition) is 1. The second-order valence-corrected chi connectivity index (χ2v) is 4.46. The van der Waals surface area contributed by atoms with Gasteiger partial charge in [0.2, 0.25) is 0 Å². The molecule has 5 heteroatoms. The fourth-order valence-corrected chi connectivity index (χ4v) is 1.86. The van der Waals surface area contributed by atoms with E-state index in [1.54, 1.807) is 26.2 Å². The third-order valence-electron chi connectivity index (χ3n) is 2.16. The fraction of sp³-hybridized carbons (Fsp3) is 0.364. The van der Waals surface area contributed by atoms with Crippen LogP contribution in [0.5, 0.6) is 5.75 Å². The molecule has 0 spiro atoms. The van der Waals surface area contributed by atoms with Crippen molar-refractivity contribution >= 4 is 28.6 Å². The van der Waals surface area contributed by atoms with Crippen molar-refractivity contribution in [3.63, 3.8) is 0 Å². The van der Waals surface area contributed by atoms with E-state index in [-0.39, 0.29) is 6.79 Å². The van der Waals surface area contributed by atoms with Gasteiger partial charge in [-0.25, -0.2) is 0 Å². The second-order valence-electron chi connectivity index (χ2n) is 3.30. The van der Waals surface area contributed by atoms with Crippen LogP contribution in [-0.2, 0) is 9.53 Å². The molecular formula is C11H13IO4. The van der Waals surface area contributed by atoms with Crippen molar-refractivity contribution in [3.8, 4) is 5.75 Å². The maximum absolute atomic E-state index is 10.8. The minimum atomic E-state index is -0.832. The average Bonchev–Trinajstić information content (AvgIpc) is 2.26. The number of carboxylic acids is 1. The normalized spacial score (nSPS) is 12.2. The molecule has 0 aromatic heterocycles. The maximum atomic E-state index is 10.8. The number of aliphatic carboxylic acids is 1. The third kappa shape index (κ3) is 3.34. The molecule has 1 aromatic rings. The van der Waals surface area contributed by atoms with E-state index in [1.807, 2.05) is 6.07 Å². The van der Waals surface area contributed by atoms with E-state index >= 15 is 0 Å². The van der Waals surface area contributed by atoms with Crippen LogP contribution < -0.4 is 4.74 Å². The Labute approximate surface area is 108 Å². The smallest absolute Gasteiger partial charge is 0.310 e. The minimum absolute atomic E-state index is 0.184. The molecule has 0 saturated heterocycles. The predicted octanol–water partition coefficient (Wildman–Crippen LogP) is 2.46. The molecule has 88 valence electrons. The van der Waals surface area contributed by atoms with Crippen molar-refractivity contribution < 1.29 is 19.4 Å². The molecule has 1 unspecified atom stereocenters. The number of ether oxygens (including phenoxy) is 2. The molecule has 16 heavy (non-hydrogen) atoms. The van der Waals surface area contributed by atoms with Gasteiger partial charge in [0, 0.05) is 7.11 Å². The third-order valence-corrected chi connectivity index (χ3v) is 3.00. The Morgan fingerprint density at radius 2 is 2.25 bits per heavy atom. The lowest BCUT2D eigenvalue weighted by Gasteiger charge is -2.11. The van der Waals surface area contributed by atoms with Gasteiger partial charge in [-0.15, -0.1) is 0 Å². The number of halogens is 1. The van der Waals surface area contributed by atoms with E-state index in [9.17, 15) is 4.79 Å². The summed E-state index contributed by atoms with van der Waals surface area (Å²) in [5.41, 5.74) is 0.765. The van der Waals surface area contributed by atoms with Crippen LogP contribution in [0.15, 0.2) is 18.2 Å². The lowest BCUT2D eigenvalue weighted by atomic mass is 10.0. The number of carbonyl (C=O) groups is 1. The van der Waals surface area contributed by atoms with Crippen LogP contribution in [0.25, 0.3) is 0 Å². The molecule has 1 rings (SSSR count). The van der Waals surface area contributed by atoms with Gasteiger partial charge in [-0.1, -0.05) is 6.07 Å². The molecule has 1 atom stereocenters. The zero-order valence-electron chi connectivity index (χ0n) is 9.07. The van der Waals surface area contributed by atoms with Gasteiger partial charge in [0.1, 0.15) is 5.75 Å². The minimum Gasteiger partial charge on any atom is -0.481 e. The highest BCUT2D eigenvalue weighted by molar-refractivity contribution is 14.1. The quantitative estimate of drug-likeness (QED) is 0.663. The molecule has 0 radical (unpaired) electrons. The summed E-state index contributed by atoms with van der Waals surface area (Å²) in [7, 11) is 1.55. The van der Waals surface area contributed by atoms with Gasteiger partial charge in [0.25, 0.3) is 0 Å². The van der Waals surface area contributed by atoms with Gasteiger partial charge >= 0.3 is 5.97 Å². The Hall–Kier alpha value is -0.820. The Morgan fingerprint density at radius 1 is 1.56 bits per heavy atom. The van der Waals surface area contributed by atoms with Gasteiger partial charge in [-0.05, 0) is 47.2 Å². The zero-order chi connectivity index (χ0) is 12.1. The molecule has 0 heterocycles. The molecule has 0 amide bonds. The Balaban J connectivity index is 2.86. The van der Waals surface area contributed by atoms with Gasteiger partial charge in [-0.3, -0.25) is 4.79 Å². The van der Waals surface area contributed by atoms with Crippen LogP contribution in [0.3, 0.4) is 0 Å². The standard InChI is InChI=1S/C11H13IO4/c1-7(11(13)14)8-3-4-10(9(12)5-8)16-6-15-2/h3-5,7H,6H2,1-2H3,(H,13,14). The Morgan fingerprint density at radius 3 is 2.75 bits per heavy atom. The molecule has 0 saturated carbocycles. The summed E-state index contributed by atoms with van der Waals surface area (Å²) in [6.45, 7) is 1.84. The van der Waals surface area contributed by atoms with E-state index in [4.69, 9.17) is 14.6 Å². The molecule has 0 aliphatic heterocycles. The molecule has 0 aliphatic rings. The highest BCUT2D eigenvalue weighted by atomic mass is 127. The number of benzene rings is 1. The van der Waals surface area contributed by atoms with E-state index < -0.39 is 11.9 Å². The van der Waals surface area contributed by atoms with Crippen LogP contribution in [0.4, 0.5) is 0 Å². The maximum Gasteiger partial charge on any atom is 0.310 e. The number of carboxylic acid groups (broad SMARTS) is 1. The van der Waals surface area contributed by atoms with Crippen LogP contribution >= 0.6 is 22.6 Å². The summed E-state index contributed by atoms with van der Waals surface area (Å²) in [6, 6.07) is 5.33. The van der Waals surface area contributed by atoms with E-state index in [0.717, 1.165) is 9.13 Å². The summed E-state index contributed by atoms with van der Waals surface area (Å²) < 4.78 is 11.0. The second kappa shape index (κ2) is 6.05. The number of hydrogen-bond acceptors (Lipinski definition) is 3. The van der Waals surface area contributed by atoms with Crippen molar-refractivity contribution in [2.45, 2.75) is 12.8 Å². The van der Waals surface area contributed by atoms with E-state index in [2.05, 4.69) is 22.6 Å². The fourth-order valence-electron chi connectivity index (χ4n) is 1.17. The van der Waals surface area contributed by atoms with Gasteiger partial charge in [0.15, 0.2) is 6.79 Å². The summed E-state index contributed by atoms with van der Waals surface area (Å²) in [6.07, 6.45) is 0. The summed E-state index contributed by atoms with van der Waals surface area (Å²) in [5, 5.41) is 8.88. The Kier molecular flexibility index (Phi) is 5.01. The molecule has 0 fully saturated rings. The van der Waals surface area contributed by atoms with Crippen LogP contribution in [-0.4, -0.2) is 25.0 Å². The first-order chi connectivity index (χ1) is 7.56. The highest BCUT2D eigenvalue weighted by Gasteiger charge is 2.14. The SMILES string of the molecule is COCOc1ccc(C(C)C(=O)O)cc1I. The van der Waals surface area contributed by atoms with Crippen LogP contribution in [0, 0.1) is 3.57 Å². The van der Waals surface area contributed by atoms with Crippen molar-refractivity contribution in [1.82, 2.24) is 0 Å². The first-order valence-corrected chi connectivity index (χ1v) is 5.78. The number of rotatable bonds is 5. The van der Waals surface area contributed by atoms with Gasteiger partial charge in [-0.2, -0.15) is 0 Å². The van der Waals surface area contributed by atoms with Crippen molar-refractivity contribution in [2.24, 2.45) is 0 Å². The lowest BCUT2D eigenvalue weighted by molar-refractivity contribution is -0.138. The van der Waals surface area contributed by atoms with Crippen LogP contribution in [0.1, 0.15) is 18.4 Å². The average molecular weight is 336 g/mol. The van der Waals surface area contributed by atoms with Crippen LogP contribution in [0.2, 0.25) is 0 Å². The zero-order valence-corrected chi connectivity index (χ0v) is 11.2. The van der Waals surface area contributed by atoms with Crippen molar-refractivity contribution in [1.29, 1.82) is 0 Å². The molecule has 0 bridgehead atoms. The van der Waals surface area contributed by atoms with E-state index in [1.165, 1.54) is 0 Å². The topological polar surface area (TPSA) is 55.8 Å². The van der Waals surface area contributed by atoms with E-state index in [0.29, 0.717) is 5.75 Å². The van der Waals surface area contributed by atoms with Gasteiger partial charge in [0.05, 0.1) is 9.49 Å². The first-order valence-electron chi connectivity index (χ1n) is 4.70. The number of methoxy groups -OCH3 is 1. The van der Waals surface area contributed by atoms with Gasteiger partial charge < -0.3 is 14.6 Å². The summed E-state index contributed by atoms with van der Waals surface area (Å²) in [5.74, 6) is -0.643. The van der Waals surface area contributed by atoms with Crippen molar-refractivity contribution in [3.05, 3.63) is 27.3 Å². The highest BCUT2D eigenvalue weighted by Crippen LogP contribution is 2.26. The summed E-state index contributed by atoms with van der Waals surface area (Å²) in [4.78, 5) is 10.8. The molecule has 4 nitrogen and oxygen atoms in total. The molecule has 0 aliphatic carbocycles. The van der Waals surface area contributed by atoms with Crippen molar-refractivity contribution in [2.75, 3.05) is 13.9 Å². The lowest BCUT2D eigenvalue weighted by Crippen LogP contribution is -2.08.